The largest absolute Gasteiger partial charge is 0.354 e. The Morgan fingerprint density at radius 2 is 2.08 bits per heavy atom. The second kappa shape index (κ2) is 6.90. The van der Waals surface area contributed by atoms with Gasteiger partial charge in [-0.3, -0.25) is 4.79 Å². The van der Waals surface area contributed by atoms with Crippen molar-refractivity contribution < 1.29 is 4.79 Å². The zero-order chi connectivity index (χ0) is 17.1. The normalized spacial score (nSPS) is 11.0. The third kappa shape index (κ3) is 3.46. The van der Waals surface area contributed by atoms with Gasteiger partial charge in [0.15, 0.2) is 0 Å². The molecule has 1 N–H and O–H groups in total. The number of thiazole rings is 1. The van der Waals surface area contributed by atoms with Gasteiger partial charge in [-0.25, -0.2) is 9.67 Å². The SMILES string of the molecule is O=C(Cn1ccc2ccccc21)NCCc1csc(-n2cccn2)n1. The number of hydrogen-bond acceptors (Lipinski definition) is 4. The topological polar surface area (TPSA) is 64.7 Å². The van der Waals surface area contributed by atoms with Crippen molar-refractivity contribution in [1.82, 2.24) is 24.6 Å². The van der Waals surface area contributed by atoms with E-state index in [2.05, 4.69) is 15.4 Å². The molecule has 4 rings (SSSR count). The lowest BCUT2D eigenvalue weighted by Crippen LogP contribution is -2.29. The fourth-order valence-corrected chi connectivity index (χ4v) is 3.52. The van der Waals surface area contributed by atoms with Gasteiger partial charge in [0.05, 0.1) is 5.69 Å². The van der Waals surface area contributed by atoms with Crippen LogP contribution in [-0.4, -0.2) is 31.8 Å². The molecule has 1 amide bonds. The summed E-state index contributed by atoms with van der Waals surface area (Å²) >= 11 is 1.54. The summed E-state index contributed by atoms with van der Waals surface area (Å²) in [4.78, 5) is 16.7. The van der Waals surface area contributed by atoms with Crippen LogP contribution < -0.4 is 5.32 Å². The smallest absolute Gasteiger partial charge is 0.239 e. The summed E-state index contributed by atoms with van der Waals surface area (Å²) in [6.07, 6.45) is 6.25. The molecule has 0 bridgehead atoms. The van der Waals surface area contributed by atoms with Crippen LogP contribution in [0.3, 0.4) is 0 Å². The molecule has 0 saturated heterocycles. The molecular weight excluding hydrogens is 334 g/mol. The molecule has 7 heteroatoms. The van der Waals surface area contributed by atoms with Crippen molar-refractivity contribution in [2.75, 3.05) is 6.54 Å². The molecule has 6 nitrogen and oxygen atoms in total. The molecular formula is C18H17N5OS. The molecule has 0 aliphatic heterocycles. The lowest BCUT2D eigenvalue weighted by molar-refractivity contribution is -0.121. The van der Waals surface area contributed by atoms with Crippen LogP contribution in [0.1, 0.15) is 5.69 Å². The first-order valence-electron chi connectivity index (χ1n) is 8.04. The Kier molecular flexibility index (Phi) is 4.30. The molecule has 25 heavy (non-hydrogen) atoms. The molecule has 0 aliphatic carbocycles. The number of fused-ring (bicyclic) bond motifs is 1. The van der Waals surface area contributed by atoms with E-state index in [0.717, 1.165) is 21.7 Å². The van der Waals surface area contributed by atoms with E-state index in [0.29, 0.717) is 19.5 Å². The average molecular weight is 351 g/mol. The van der Waals surface area contributed by atoms with Crippen LogP contribution in [0.2, 0.25) is 0 Å². The molecule has 0 saturated carbocycles. The van der Waals surface area contributed by atoms with E-state index in [4.69, 9.17) is 0 Å². The predicted molar refractivity (Wildman–Crippen MR) is 97.9 cm³/mol. The highest BCUT2D eigenvalue weighted by Gasteiger charge is 2.07. The molecule has 4 aromatic rings. The number of hydrogen-bond donors (Lipinski definition) is 1. The number of nitrogens with zero attached hydrogens (tertiary/aromatic N) is 4. The second-order valence-corrected chi connectivity index (χ2v) is 6.51. The van der Waals surface area contributed by atoms with Gasteiger partial charge in [-0.1, -0.05) is 18.2 Å². The Morgan fingerprint density at radius 1 is 1.16 bits per heavy atom. The lowest BCUT2D eigenvalue weighted by atomic mass is 10.2. The first-order valence-corrected chi connectivity index (χ1v) is 8.92. The van der Waals surface area contributed by atoms with E-state index < -0.39 is 0 Å². The number of rotatable bonds is 6. The summed E-state index contributed by atoms with van der Waals surface area (Å²) in [5.41, 5.74) is 2.03. The van der Waals surface area contributed by atoms with Crippen LogP contribution in [-0.2, 0) is 17.8 Å². The van der Waals surface area contributed by atoms with Gasteiger partial charge in [0.2, 0.25) is 11.0 Å². The minimum Gasteiger partial charge on any atom is -0.354 e. The Labute approximate surface area is 148 Å². The van der Waals surface area contributed by atoms with Crippen LogP contribution in [0.4, 0.5) is 0 Å². The molecule has 1 aromatic carbocycles. The van der Waals surface area contributed by atoms with Crippen molar-refractivity contribution in [3.8, 4) is 5.13 Å². The highest BCUT2D eigenvalue weighted by molar-refractivity contribution is 7.12. The van der Waals surface area contributed by atoms with Gasteiger partial charge >= 0.3 is 0 Å². The van der Waals surface area contributed by atoms with Crippen LogP contribution in [0.25, 0.3) is 16.0 Å². The number of carbonyl (C=O) groups excluding carboxylic acids is 1. The number of amides is 1. The van der Waals surface area contributed by atoms with Gasteiger partial charge in [-0.15, -0.1) is 11.3 Å². The first-order chi connectivity index (χ1) is 12.3. The van der Waals surface area contributed by atoms with Gasteiger partial charge in [0.1, 0.15) is 6.54 Å². The molecule has 3 heterocycles. The Hall–Kier alpha value is -2.93. The monoisotopic (exact) mass is 351 g/mol. The summed E-state index contributed by atoms with van der Waals surface area (Å²) in [6, 6.07) is 11.9. The van der Waals surface area contributed by atoms with Gasteiger partial charge < -0.3 is 9.88 Å². The summed E-state index contributed by atoms with van der Waals surface area (Å²) < 4.78 is 3.70. The van der Waals surface area contributed by atoms with Gasteiger partial charge in [0, 0.05) is 42.5 Å². The molecule has 0 aliphatic rings. The number of aromatic nitrogens is 4. The Balaban J connectivity index is 1.30. The zero-order valence-electron chi connectivity index (χ0n) is 13.5. The quantitative estimate of drug-likeness (QED) is 0.581. The van der Waals surface area contributed by atoms with Gasteiger partial charge in [-0.05, 0) is 23.6 Å². The first kappa shape index (κ1) is 15.6. The maximum absolute atomic E-state index is 12.2. The van der Waals surface area contributed by atoms with E-state index in [-0.39, 0.29) is 5.91 Å². The fourth-order valence-electron chi connectivity index (χ4n) is 2.72. The van der Waals surface area contributed by atoms with Crippen LogP contribution in [0.5, 0.6) is 0 Å². The highest BCUT2D eigenvalue weighted by Crippen LogP contribution is 2.15. The molecule has 0 atom stereocenters. The Bertz CT molecular complexity index is 986. The summed E-state index contributed by atoms with van der Waals surface area (Å²) in [5.74, 6) is 0.00359. The minimum absolute atomic E-state index is 0.00359. The second-order valence-electron chi connectivity index (χ2n) is 5.67. The molecule has 0 radical (unpaired) electrons. The van der Waals surface area contributed by atoms with E-state index in [1.807, 2.05) is 58.7 Å². The van der Waals surface area contributed by atoms with Crippen LogP contribution >= 0.6 is 11.3 Å². The molecule has 0 fully saturated rings. The average Bonchev–Trinajstić information content (AvgIpc) is 3.35. The van der Waals surface area contributed by atoms with Crippen molar-refractivity contribution in [1.29, 1.82) is 0 Å². The standard InChI is InChI=1S/C18H17N5OS/c24-17(12-22-11-7-14-4-1-2-5-16(14)22)19-9-6-15-13-25-18(21-15)23-10-3-8-20-23/h1-5,7-8,10-11,13H,6,9,12H2,(H,19,24). The lowest BCUT2D eigenvalue weighted by Gasteiger charge is -2.06. The molecule has 0 spiro atoms. The van der Waals surface area contributed by atoms with Crippen molar-refractivity contribution in [2.24, 2.45) is 0 Å². The summed E-state index contributed by atoms with van der Waals surface area (Å²) in [5, 5.41) is 11.1. The van der Waals surface area contributed by atoms with E-state index in [9.17, 15) is 4.79 Å². The van der Waals surface area contributed by atoms with Gasteiger partial charge in [-0.2, -0.15) is 5.10 Å². The highest BCUT2D eigenvalue weighted by atomic mass is 32.1. The van der Waals surface area contributed by atoms with Crippen molar-refractivity contribution >= 4 is 28.1 Å². The van der Waals surface area contributed by atoms with Crippen molar-refractivity contribution in [3.63, 3.8) is 0 Å². The zero-order valence-corrected chi connectivity index (χ0v) is 14.3. The van der Waals surface area contributed by atoms with Gasteiger partial charge in [0.25, 0.3) is 0 Å². The third-order valence-electron chi connectivity index (χ3n) is 3.94. The van der Waals surface area contributed by atoms with E-state index in [1.54, 1.807) is 22.2 Å². The Morgan fingerprint density at radius 3 is 2.96 bits per heavy atom. The minimum atomic E-state index is 0.00359. The summed E-state index contributed by atoms with van der Waals surface area (Å²) in [6.45, 7) is 0.892. The number of nitrogens with one attached hydrogen (secondary N) is 1. The van der Waals surface area contributed by atoms with Crippen LogP contribution in [0, 0.1) is 0 Å². The van der Waals surface area contributed by atoms with Crippen LogP contribution in [0.15, 0.2) is 60.4 Å². The predicted octanol–water partition coefficient (Wildman–Crippen LogP) is 2.64. The molecule has 3 aromatic heterocycles. The molecule has 126 valence electrons. The third-order valence-corrected chi connectivity index (χ3v) is 4.82. The van der Waals surface area contributed by atoms with E-state index >= 15 is 0 Å². The fraction of sp³-hybridized carbons (Fsp3) is 0.167. The van der Waals surface area contributed by atoms with E-state index in [1.165, 1.54) is 0 Å². The maximum Gasteiger partial charge on any atom is 0.239 e. The number of benzene rings is 1. The number of para-hydroxylation sites is 1. The maximum atomic E-state index is 12.2. The number of carbonyl (C=O) groups is 1. The molecule has 0 unspecified atom stereocenters. The van der Waals surface area contributed by atoms with Crippen molar-refractivity contribution in [2.45, 2.75) is 13.0 Å². The summed E-state index contributed by atoms with van der Waals surface area (Å²) in [7, 11) is 0. The van der Waals surface area contributed by atoms with Crippen molar-refractivity contribution in [3.05, 3.63) is 66.1 Å².